The molecule has 0 bridgehead atoms. The van der Waals surface area contributed by atoms with E-state index in [1.165, 1.54) is 9.13 Å². The Kier molecular flexibility index (Phi) is 5.39. The van der Waals surface area contributed by atoms with E-state index in [1.807, 2.05) is 0 Å². The molecular weight excluding hydrogens is 275 g/mol. The van der Waals surface area contributed by atoms with Gasteiger partial charge in [0.25, 0.3) is 0 Å². The number of benzene rings is 1. The fourth-order valence-corrected chi connectivity index (χ4v) is 1.62. The first-order valence-electron chi connectivity index (χ1n) is 4.65. The molecule has 1 nitrogen and oxygen atoms in total. The van der Waals surface area contributed by atoms with Crippen molar-refractivity contribution in [3.63, 3.8) is 0 Å². The van der Waals surface area contributed by atoms with E-state index in [-0.39, 0.29) is 6.61 Å². The molecule has 1 aromatic carbocycles. The Morgan fingerprint density at radius 1 is 1.00 bits per heavy atom. The maximum atomic E-state index is 10.2. The van der Waals surface area contributed by atoms with E-state index in [0.29, 0.717) is 0 Å². The van der Waals surface area contributed by atoms with Crippen molar-refractivity contribution < 1.29 is 5.11 Å². The van der Waals surface area contributed by atoms with Crippen molar-refractivity contribution in [2.45, 2.75) is 25.7 Å². The second kappa shape index (κ2) is 6.38. The number of rotatable bonds is 5. The average Bonchev–Trinajstić information content (AvgIpc) is 2.15. The molecule has 0 aliphatic rings. The summed E-state index contributed by atoms with van der Waals surface area (Å²) in [6, 6.07) is 8.59. The van der Waals surface area contributed by atoms with Crippen LogP contribution in [-0.2, 0) is 11.5 Å². The van der Waals surface area contributed by atoms with E-state index in [1.54, 1.807) is 0 Å². The predicted molar refractivity (Wildman–Crippen MR) is 62.3 cm³/mol. The molecule has 0 atom stereocenters. The summed E-state index contributed by atoms with van der Waals surface area (Å²) in [5.74, 6) is 0. The van der Waals surface area contributed by atoms with Crippen LogP contribution >= 0.6 is 22.6 Å². The molecule has 0 spiro atoms. The highest BCUT2D eigenvalue weighted by Gasteiger charge is 1.93. The van der Waals surface area contributed by atoms with Crippen molar-refractivity contribution in [2.75, 3.05) is 6.61 Å². The maximum absolute atomic E-state index is 10.2. The van der Waals surface area contributed by atoms with E-state index in [2.05, 4.69) is 46.9 Å². The van der Waals surface area contributed by atoms with Gasteiger partial charge in [-0.05, 0) is 59.5 Å². The molecule has 1 aromatic rings. The third kappa shape index (κ3) is 4.62. The monoisotopic (exact) mass is 289 g/mol. The average molecular weight is 289 g/mol. The molecule has 0 unspecified atom stereocenters. The molecule has 0 aliphatic heterocycles. The zero-order valence-electron chi connectivity index (χ0n) is 7.63. The zero-order chi connectivity index (χ0) is 9.52. The molecule has 0 N–H and O–H groups in total. The molecule has 0 saturated heterocycles. The van der Waals surface area contributed by atoms with Gasteiger partial charge in [0.05, 0.1) is 6.61 Å². The highest BCUT2D eigenvalue weighted by Crippen LogP contribution is 2.09. The first-order chi connectivity index (χ1) is 6.33. The van der Waals surface area contributed by atoms with Gasteiger partial charge in [0.15, 0.2) is 0 Å². The lowest BCUT2D eigenvalue weighted by atomic mass is 10.1. The van der Waals surface area contributed by atoms with Crippen molar-refractivity contribution in [3.8, 4) is 0 Å². The van der Waals surface area contributed by atoms with Gasteiger partial charge < -0.3 is 0 Å². The minimum absolute atomic E-state index is 0.0761. The minimum Gasteiger partial charge on any atom is -0.237 e. The van der Waals surface area contributed by atoms with Gasteiger partial charge in [0.1, 0.15) is 0 Å². The standard InChI is InChI=1S/C11H14IO/c12-11-7-5-10(6-8-11)4-2-1-3-9-13/h5-8H,1-4,9H2. The molecule has 0 fully saturated rings. The Hall–Kier alpha value is -0.0900. The van der Waals surface area contributed by atoms with Gasteiger partial charge in [0, 0.05) is 3.57 Å². The summed E-state index contributed by atoms with van der Waals surface area (Å²) in [4.78, 5) is 0. The largest absolute Gasteiger partial charge is 0.237 e. The molecule has 0 saturated carbocycles. The van der Waals surface area contributed by atoms with E-state index in [4.69, 9.17) is 0 Å². The first-order valence-corrected chi connectivity index (χ1v) is 5.73. The van der Waals surface area contributed by atoms with Crippen LogP contribution in [0.5, 0.6) is 0 Å². The lowest BCUT2D eigenvalue weighted by Gasteiger charge is -2.00. The van der Waals surface area contributed by atoms with Gasteiger partial charge in [-0.1, -0.05) is 18.6 Å². The predicted octanol–water partition coefficient (Wildman–Crippen LogP) is 3.43. The van der Waals surface area contributed by atoms with E-state index < -0.39 is 0 Å². The van der Waals surface area contributed by atoms with Gasteiger partial charge in [-0.25, -0.2) is 5.11 Å². The summed E-state index contributed by atoms with van der Waals surface area (Å²) >= 11 is 2.31. The summed E-state index contributed by atoms with van der Waals surface area (Å²) in [6.07, 6.45) is 4.14. The lowest BCUT2D eigenvalue weighted by molar-refractivity contribution is 0.186. The quantitative estimate of drug-likeness (QED) is 0.584. The number of halogens is 1. The third-order valence-electron chi connectivity index (χ3n) is 2.02. The van der Waals surface area contributed by atoms with Crippen LogP contribution in [0.3, 0.4) is 0 Å². The zero-order valence-corrected chi connectivity index (χ0v) is 9.79. The summed E-state index contributed by atoms with van der Waals surface area (Å²) < 4.78 is 1.28. The van der Waals surface area contributed by atoms with Crippen LogP contribution in [0.1, 0.15) is 24.8 Å². The summed E-state index contributed by atoms with van der Waals surface area (Å²) in [6.45, 7) is 0.0761. The SMILES string of the molecule is [O]CCCCCc1ccc(I)cc1. The Morgan fingerprint density at radius 2 is 1.69 bits per heavy atom. The number of unbranched alkanes of at least 4 members (excludes halogenated alkanes) is 2. The smallest absolute Gasteiger partial charge is 0.0822 e. The Bertz CT molecular complexity index is 230. The molecule has 0 heterocycles. The number of hydrogen-bond acceptors (Lipinski definition) is 0. The second-order valence-electron chi connectivity index (χ2n) is 3.14. The van der Waals surface area contributed by atoms with Gasteiger partial charge >= 0.3 is 0 Å². The Morgan fingerprint density at radius 3 is 2.31 bits per heavy atom. The normalized spacial score (nSPS) is 10.3. The van der Waals surface area contributed by atoms with E-state index >= 15 is 0 Å². The van der Waals surface area contributed by atoms with E-state index in [9.17, 15) is 5.11 Å². The van der Waals surface area contributed by atoms with Gasteiger partial charge in [-0.2, -0.15) is 0 Å². The van der Waals surface area contributed by atoms with Crippen LogP contribution in [0, 0.1) is 3.57 Å². The first kappa shape index (κ1) is 11.0. The van der Waals surface area contributed by atoms with Crippen LogP contribution in [0.15, 0.2) is 24.3 Å². The molecule has 2 heteroatoms. The molecule has 0 aliphatic carbocycles. The van der Waals surface area contributed by atoms with Gasteiger partial charge in [-0.3, -0.25) is 0 Å². The van der Waals surface area contributed by atoms with Crippen LogP contribution < -0.4 is 0 Å². The second-order valence-corrected chi connectivity index (χ2v) is 4.39. The topological polar surface area (TPSA) is 19.9 Å². The molecule has 13 heavy (non-hydrogen) atoms. The minimum atomic E-state index is 0.0761. The lowest BCUT2D eigenvalue weighted by Crippen LogP contribution is -1.87. The van der Waals surface area contributed by atoms with Gasteiger partial charge in [-0.15, -0.1) is 0 Å². The summed E-state index contributed by atoms with van der Waals surface area (Å²) in [5.41, 5.74) is 1.38. The maximum Gasteiger partial charge on any atom is 0.0822 e. The molecule has 71 valence electrons. The van der Waals surface area contributed by atoms with Crippen molar-refractivity contribution >= 4 is 22.6 Å². The van der Waals surface area contributed by atoms with Crippen LogP contribution in [-0.4, -0.2) is 6.61 Å². The van der Waals surface area contributed by atoms with Crippen LogP contribution in [0.25, 0.3) is 0 Å². The number of aryl methyl sites for hydroxylation is 1. The summed E-state index contributed by atoms with van der Waals surface area (Å²) in [5, 5.41) is 10.2. The third-order valence-corrected chi connectivity index (χ3v) is 2.74. The van der Waals surface area contributed by atoms with Crippen molar-refractivity contribution in [1.29, 1.82) is 0 Å². The fraction of sp³-hybridized carbons (Fsp3) is 0.455. The Balaban J connectivity index is 2.25. The molecule has 0 amide bonds. The highest BCUT2D eigenvalue weighted by atomic mass is 127. The van der Waals surface area contributed by atoms with Crippen LogP contribution in [0.2, 0.25) is 0 Å². The molecule has 0 aromatic heterocycles. The van der Waals surface area contributed by atoms with Crippen LogP contribution in [0.4, 0.5) is 0 Å². The van der Waals surface area contributed by atoms with E-state index in [0.717, 1.165) is 25.7 Å². The van der Waals surface area contributed by atoms with Gasteiger partial charge in [0.2, 0.25) is 0 Å². The Labute approximate surface area is 93.3 Å². The highest BCUT2D eigenvalue weighted by molar-refractivity contribution is 14.1. The summed E-state index contributed by atoms with van der Waals surface area (Å²) in [7, 11) is 0. The molecule has 1 rings (SSSR count). The van der Waals surface area contributed by atoms with Crippen molar-refractivity contribution in [1.82, 2.24) is 0 Å². The molecular formula is C11H14IO. The van der Waals surface area contributed by atoms with Crippen molar-refractivity contribution in [3.05, 3.63) is 33.4 Å². The number of hydrogen-bond donors (Lipinski definition) is 0. The van der Waals surface area contributed by atoms with Crippen molar-refractivity contribution in [2.24, 2.45) is 0 Å². The fourth-order valence-electron chi connectivity index (χ4n) is 1.26. The molecule has 1 radical (unpaired) electrons.